The molecule has 0 unspecified atom stereocenters. The highest BCUT2D eigenvalue weighted by Crippen LogP contribution is 2.27. The van der Waals surface area contributed by atoms with Gasteiger partial charge >= 0.3 is 5.97 Å². The van der Waals surface area contributed by atoms with Crippen molar-refractivity contribution in [1.29, 1.82) is 0 Å². The highest BCUT2D eigenvalue weighted by atomic mass is 16.5. The van der Waals surface area contributed by atoms with E-state index in [1.165, 1.54) is 11.1 Å². The number of benzene rings is 4. The maximum absolute atomic E-state index is 11.3. The van der Waals surface area contributed by atoms with E-state index >= 15 is 0 Å². The molecule has 0 heterocycles. The second-order valence-corrected chi connectivity index (χ2v) is 8.37. The summed E-state index contributed by atoms with van der Waals surface area (Å²) in [6.07, 6.45) is 1.57. The standard InChI is InChI=1S/C32H30O4/c1-2-35-31(32(33)34)23-24-13-19-29(20-14-24)36-22-21-30(27-11-7-4-8-12-27)28-17-15-26(16-18-28)25-9-5-3-6-10-25/h3-21,31H,2,22-23H2,1H3,(H,33,34)/b30-21-/t31-/m1/s1. The van der Waals surface area contributed by atoms with Crippen LogP contribution in [0.4, 0.5) is 0 Å². The number of carboxylic acid groups (broad SMARTS) is 1. The zero-order valence-corrected chi connectivity index (χ0v) is 20.3. The van der Waals surface area contributed by atoms with E-state index in [0.717, 1.165) is 28.0 Å². The first-order valence-corrected chi connectivity index (χ1v) is 12.1. The first-order chi connectivity index (χ1) is 17.6. The minimum Gasteiger partial charge on any atom is -0.490 e. The van der Waals surface area contributed by atoms with Crippen LogP contribution in [-0.2, 0) is 16.0 Å². The third-order valence-corrected chi connectivity index (χ3v) is 5.91. The second kappa shape index (κ2) is 12.5. The minimum atomic E-state index is -0.951. The molecule has 0 amide bonds. The van der Waals surface area contributed by atoms with E-state index in [1.807, 2.05) is 60.7 Å². The summed E-state index contributed by atoms with van der Waals surface area (Å²) in [7, 11) is 0. The summed E-state index contributed by atoms with van der Waals surface area (Å²) in [5, 5.41) is 9.29. The lowest BCUT2D eigenvalue weighted by atomic mass is 9.95. The van der Waals surface area contributed by atoms with Crippen molar-refractivity contribution >= 4 is 11.5 Å². The molecule has 0 bridgehead atoms. The van der Waals surface area contributed by atoms with Crippen molar-refractivity contribution in [2.75, 3.05) is 13.2 Å². The summed E-state index contributed by atoms with van der Waals surface area (Å²) in [5.41, 5.74) is 6.61. The molecule has 0 aliphatic heterocycles. The van der Waals surface area contributed by atoms with Gasteiger partial charge in [-0.1, -0.05) is 97.1 Å². The molecule has 0 saturated heterocycles. The molecule has 0 aliphatic carbocycles. The van der Waals surface area contributed by atoms with E-state index in [1.54, 1.807) is 6.92 Å². The van der Waals surface area contributed by atoms with Crippen molar-refractivity contribution in [3.8, 4) is 16.9 Å². The molecular weight excluding hydrogens is 448 g/mol. The van der Waals surface area contributed by atoms with Gasteiger partial charge in [-0.2, -0.15) is 0 Å². The topological polar surface area (TPSA) is 55.8 Å². The molecule has 4 rings (SSSR count). The number of rotatable bonds is 11. The molecule has 0 fully saturated rings. The fourth-order valence-electron chi connectivity index (χ4n) is 4.07. The average Bonchev–Trinajstić information content (AvgIpc) is 2.93. The number of carbonyl (C=O) groups is 1. The Morgan fingerprint density at radius 1 is 0.778 bits per heavy atom. The first-order valence-electron chi connectivity index (χ1n) is 12.1. The lowest BCUT2D eigenvalue weighted by Crippen LogP contribution is -2.26. The summed E-state index contributed by atoms with van der Waals surface area (Å²) in [6, 6.07) is 36.7. The van der Waals surface area contributed by atoms with Crippen LogP contribution in [0.25, 0.3) is 16.7 Å². The Hall–Kier alpha value is -4.15. The Bertz CT molecular complexity index is 1260. The van der Waals surface area contributed by atoms with Gasteiger partial charge in [0.1, 0.15) is 12.4 Å². The van der Waals surface area contributed by atoms with Crippen molar-refractivity contribution in [3.05, 3.63) is 132 Å². The molecule has 4 heteroatoms. The zero-order valence-electron chi connectivity index (χ0n) is 20.3. The predicted octanol–water partition coefficient (Wildman–Crippen LogP) is 6.90. The molecule has 0 radical (unpaired) electrons. The van der Waals surface area contributed by atoms with E-state index in [0.29, 0.717) is 19.6 Å². The van der Waals surface area contributed by atoms with Crippen molar-refractivity contribution in [2.24, 2.45) is 0 Å². The largest absolute Gasteiger partial charge is 0.490 e. The molecule has 4 aromatic rings. The molecule has 4 aromatic carbocycles. The normalized spacial score (nSPS) is 12.2. The van der Waals surface area contributed by atoms with Gasteiger partial charge in [-0.25, -0.2) is 4.79 Å². The number of hydrogen-bond donors (Lipinski definition) is 1. The van der Waals surface area contributed by atoms with Crippen molar-refractivity contribution in [1.82, 2.24) is 0 Å². The predicted molar refractivity (Wildman–Crippen MR) is 144 cm³/mol. The van der Waals surface area contributed by atoms with Crippen LogP contribution in [0.1, 0.15) is 23.6 Å². The number of aliphatic carboxylic acids is 1. The maximum atomic E-state index is 11.3. The summed E-state index contributed by atoms with van der Waals surface area (Å²) >= 11 is 0. The molecule has 0 aliphatic rings. The summed E-state index contributed by atoms with van der Waals surface area (Å²) in [6.45, 7) is 2.56. The lowest BCUT2D eigenvalue weighted by Gasteiger charge is -2.13. The van der Waals surface area contributed by atoms with Gasteiger partial charge in [0.05, 0.1) is 0 Å². The van der Waals surface area contributed by atoms with Gasteiger partial charge in [0, 0.05) is 13.0 Å². The highest BCUT2D eigenvalue weighted by Gasteiger charge is 2.17. The van der Waals surface area contributed by atoms with Gasteiger partial charge in [0.25, 0.3) is 0 Å². The van der Waals surface area contributed by atoms with Gasteiger partial charge in [0.2, 0.25) is 0 Å². The molecule has 1 N–H and O–H groups in total. The minimum absolute atomic E-state index is 0.320. The molecule has 0 spiro atoms. The Balaban J connectivity index is 1.47. The van der Waals surface area contributed by atoms with E-state index in [2.05, 4.69) is 54.6 Å². The van der Waals surface area contributed by atoms with Crippen LogP contribution in [0.2, 0.25) is 0 Å². The second-order valence-electron chi connectivity index (χ2n) is 8.37. The van der Waals surface area contributed by atoms with Gasteiger partial charge in [0.15, 0.2) is 6.10 Å². The summed E-state index contributed by atoms with van der Waals surface area (Å²) in [5.74, 6) is -0.224. The average molecular weight is 479 g/mol. The molecule has 0 aromatic heterocycles. The molecule has 0 saturated carbocycles. The molecule has 36 heavy (non-hydrogen) atoms. The fourth-order valence-corrected chi connectivity index (χ4v) is 4.07. The molecule has 4 nitrogen and oxygen atoms in total. The Morgan fingerprint density at radius 2 is 1.36 bits per heavy atom. The summed E-state index contributed by atoms with van der Waals surface area (Å²) < 4.78 is 11.3. The highest BCUT2D eigenvalue weighted by molar-refractivity contribution is 5.81. The van der Waals surface area contributed by atoms with Crippen LogP contribution >= 0.6 is 0 Å². The van der Waals surface area contributed by atoms with E-state index < -0.39 is 12.1 Å². The van der Waals surface area contributed by atoms with E-state index in [4.69, 9.17) is 9.47 Å². The van der Waals surface area contributed by atoms with Crippen molar-refractivity contribution in [3.63, 3.8) is 0 Å². The third-order valence-electron chi connectivity index (χ3n) is 5.91. The Kier molecular flexibility index (Phi) is 8.68. The smallest absolute Gasteiger partial charge is 0.333 e. The quantitative estimate of drug-likeness (QED) is 0.255. The van der Waals surface area contributed by atoms with Crippen LogP contribution in [0.15, 0.2) is 115 Å². The Morgan fingerprint density at radius 3 is 1.97 bits per heavy atom. The van der Waals surface area contributed by atoms with Crippen LogP contribution in [0.3, 0.4) is 0 Å². The van der Waals surface area contributed by atoms with E-state index in [-0.39, 0.29) is 0 Å². The van der Waals surface area contributed by atoms with Crippen molar-refractivity contribution in [2.45, 2.75) is 19.4 Å². The molecule has 1 atom stereocenters. The first kappa shape index (κ1) is 25.0. The van der Waals surface area contributed by atoms with Gasteiger partial charge < -0.3 is 14.6 Å². The van der Waals surface area contributed by atoms with E-state index in [9.17, 15) is 9.90 Å². The maximum Gasteiger partial charge on any atom is 0.333 e. The van der Waals surface area contributed by atoms with Gasteiger partial charge in [-0.3, -0.25) is 0 Å². The summed E-state index contributed by atoms with van der Waals surface area (Å²) in [4.78, 5) is 11.3. The number of ether oxygens (including phenoxy) is 2. The van der Waals surface area contributed by atoms with Crippen LogP contribution in [0.5, 0.6) is 5.75 Å². The zero-order chi connectivity index (χ0) is 25.2. The van der Waals surface area contributed by atoms with Crippen molar-refractivity contribution < 1.29 is 19.4 Å². The van der Waals surface area contributed by atoms with Gasteiger partial charge in [-0.05, 0) is 58.5 Å². The SMILES string of the molecule is CCO[C@H](Cc1ccc(OC/C=C(/c2ccccc2)c2ccc(-c3ccccc3)cc2)cc1)C(=O)O. The lowest BCUT2D eigenvalue weighted by molar-refractivity contribution is -0.149. The number of carboxylic acids is 1. The van der Waals surface area contributed by atoms with Gasteiger partial charge in [-0.15, -0.1) is 0 Å². The number of hydrogen-bond acceptors (Lipinski definition) is 3. The third kappa shape index (κ3) is 6.71. The molecular formula is C32H30O4. The van der Waals surface area contributed by atoms with Crippen LogP contribution in [0, 0.1) is 0 Å². The Labute approximate surface area is 212 Å². The fraction of sp³-hybridized carbons (Fsp3) is 0.156. The van der Waals surface area contributed by atoms with Crippen LogP contribution in [-0.4, -0.2) is 30.4 Å². The molecule has 182 valence electrons. The van der Waals surface area contributed by atoms with Crippen LogP contribution < -0.4 is 4.74 Å². The monoisotopic (exact) mass is 478 g/mol.